The molecule has 3 atom stereocenters. The summed E-state index contributed by atoms with van der Waals surface area (Å²) in [6.07, 6.45) is 4.09. The van der Waals surface area contributed by atoms with Gasteiger partial charge in [-0.25, -0.2) is 4.79 Å². The molecule has 17 heavy (non-hydrogen) atoms. The van der Waals surface area contributed by atoms with Gasteiger partial charge in [-0.3, -0.25) is 4.79 Å². The maximum absolute atomic E-state index is 11.7. The second-order valence-electron chi connectivity index (χ2n) is 4.56. The number of carbonyl (C=O) groups excluding carboxylic acids is 2. The van der Waals surface area contributed by atoms with Crippen molar-refractivity contribution in [1.29, 1.82) is 0 Å². The van der Waals surface area contributed by atoms with E-state index in [2.05, 4.69) is 5.32 Å². The SMILES string of the molecule is CCOC(=O)C1OC2CCCCCC2NC1=O. The fourth-order valence-corrected chi connectivity index (χ4v) is 2.48. The average Bonchev–Trinajstić information content (AvgIpc) is 2.52. The first kappa shape index (κ1) is 12.4. The topological polar surface area (TPSA) is 64.6 Å². The zero-order valence-corrected chi connectivity index (χ0v) is 10.1. The van der Waals surface area contributed by atoms with Crippen molar-refractivity contribution < 1.29 is 19.1 Å². The summed E-state index contributed by atoms with van der Waals surface area (Å²) in [5, 5.41) is 2.88. The molecule has 0 bridgehead atoms. The van der Waals surface area contributed by atoms with Gasteiger partial charge in [-0.1, -0.05) is 19.3 Å². The fourth-order valence-electron chi connectivity index (χ4n) is 2.48. The number of fused-ring (bicyclic) bond motifs is 1. The Hall–Kier alpha value is -1.10. The number of hydrogen-bond donors (Lipinski definition) is 1. The first-order chi connectivity index (χ1) is 8.22. The molecule has 2 rings (SSSR count). The van der Waals surface area contributed by atoms with Crippen molar-refractivity contribution in [3.8, 4) is 0 Å². The summed E-state index contributed by atoms with van der Waals surface area (Å²) < 4.78 is 10.4. The van der Waals surface area contributed by atoms with Gasteiger partial charge in [-0.15, -0.1) is 0 Å². The van der Waals surface area contributed by atoms with Gasteiger partial charge in [0.25, 0.3) is 5.91 Å². The van der Waals surface area contributed by atoms with E-state index in [1.54, 1.807) is 6.92 Å². The van der Waals surface area contributed by atoms with Crippen LogP contribution in [-0.4, -0.2) is 36.7 Å². The van der Waals surface area contributed by atoms with Crippen LogP contribution in [0.5, 0.6) is 0 Å². The Balaban J connectivity index is 2.02. The molecule has 0 aromatic heterocycles. The molecule has 1 N–H and O–H groups in total. The van der Waals surface area contributed by atoms with Crippen molar-refractivity contribution in [2.45, 2.75) is 57.3 Å². The molecule has 3 unspecified atom stereocenters. The largest absolute Gasteiger partial charge is 0.464 e. The van der Waals surface area contributed by atoms with E-state index in [0.29, 0.717) is 0 Å². The maximum atomic E-state index is 11.7. The number of ether oxygens (including phenoxy) is 2. The highest BCUT2D eigenvalue weighted by molar-refractivity contribution is 6.01. The summed E-state index contributed by atoms with van der Waals surface area (Å²) in [5.41, 5.74) is 0. The highest BCUT2D eigenvalue weighted by Gasteiger charge is 2.41. The van der Waals surface area contributed by atoms with Gasteiger partial charge in [0, 0.05) is 0 Å². The van der Waals surface area contributed by atoms with Gasteiger partial charge in [0.05, 0.1) is 18.8 Å². The molecule has 1 amide bonds. The van der Waals surface area contributed by atoms with Crippen LogP contribution in [0.25, 0.3) is 0 Å². The molecule has 0 aromatic carbocycles. The Labute approximate surface area is 101 Å². The molecular formula is C12H19NO4. The molecule has 1 saturated carbocycles. The van der Waals surface area contributed by atoms with Crippen LogP contribution in [-0.2, 0) is 19.1 Å². The van der Waals surface area contributed by atoms with Gasteiger partial charge >= 0.3 is 5.97 Å². The van der Waals surface area contributed by atoms with Crippen molar-refractivity contribution in [3.63, 3.8) is 0 Å². The van der Waals surface area contributed by atoms with E-state index >= 15 is 0 Å². The first-order valence-corrected chi connectivity index (χ1v) is 6.35. The van der Waals surface area contributed by atoms with Crippen LogP contribution in [0.15, 0.2) is 0 Å². The summed E-state index contributed by atoms with van der Waals surface area (Å²) in [5.74, 6) is -0.931. The van der Waals surface area contributed by atoms with Crippen molar-refractivity contribution in [1.82, 2.24) is 5.32 Å². The van der Waals surface area contributed by atoms with E-state index < -0.39 is 12.1 Å². The van der Waals surface area contributed by atoms with Gasteiger partial charge in [0.2, 0.25) is 6.10 Å². The Morgan fingerprint density at radius 1 is 1.41 bits per heavy atom. The molecule has 96 valence electrons. The number of hydrogen-bond acceptors (Lipinski definition) is 4. The Morgan fingerprint density at radius 3 is 2.94 bits per heavy atom. The predicted octanol–water partition coefficient (Wildman–Crippen LogP) is 0.766. The minimum Gasteiger partial charge on any atom is -0.464 e. The molecule has 1 heterocycles. The molecule has 1 aliphatic heterocycles. The second kappa shape index (κ2) is 5.49. The van der Waals surface area contributed by atoms with Crippen LogP contribution < -0.4 is 5.32 Å². The standard InChI is InChI=1S/C12H19NO4/c1-2-16-12(15)10-11(14)13-8-6-4-3-5-7-9(8)17-10/h8-10H,2-7H2,1H3,(H,13,14). The number of rotatable bonds is 2. The first-order valence-electron chi connectivity index (χ1n) is 6.35. The van der Waals surface area contributed by atoms with E-state index in [4.69, 9.17) is 9.47 Å². The van der Waals surface area contributed by atoms with Crippen LogP contribution in [0, 0.1) is 0 Å². The van der Waals surface area contributed by atoms with Gasteiger partial charge in [-0.05, 0) is 19.8 Å². The summed E-state index contributed by atoms with van der Waals surface area (Å²) >= 11 is 0. The number of amides is 1. The van der Waals surface area contributed by atoms with Crippen molar-refractivity contribution in [3.05, 3.63) is 0 Å². The Morgan fingerprint density at radius 2 is 2.18 bits per heavy atom. The Kier molecular flexibility index (Phi) is 3.99. The fraction of sp³-hybridized carbons (Fsp3) is 0.833. The van der Waals surface area contributed by atoms with E-state index in [-0.39, 0.29) is 24.7 Å². The third-order valence-corrected chi connectivity index (χ3v) is 3.33. The van der Waals surface area contributed by atoms with Crippen molar-refractivity contribution in [2.24, 2.45) is 0 Å². The van der Waals surface area contributed by atoms with E-state index in [9.17, 15) is 9.59 Å². The molecule has 5 nitrogen and oxygen atoms in total. The molecular weight excluding hydrogens is 222 g/mol. The van der Waals surface area contributed by atoms with Gasteiger partial charge in [0.1, 0.15) is 0 Å². The quantitative estimate of drug-likeness (QED) is 0.573. The lowest BCUT2D eigenvalue weighted by Gasteiger charge is -2.34. The van der Waals surface area contributed by atoms with E-state index in [0.717, 1.165) is 32.1 Å². The zero-order valence-electron chi connectivity index (χ0n) is 10.1. The van der Waals surface area contributed by atoms with Gasteiger partial charge < -0.3 is 14.8 Å². The van der Waals surface area contributed by atoms with Crippen LogP contribution in [0.3, 0.4) is 0 Å². The monoisotopic (exact) mass is 241 g/mol. The zero-order chi connectivity index (χ0) is 12.3. The minimum atomic E-state index is -1.07. The third kappa shape index (κ3) is 2.77. The average molecular weight is 241 g/mol. The van der Waals surface area contributed by atoms with Crippen LogP contribution in [0.2, 0.25) is 0 Å². The minimum absolute atomic E-state index is 0.0374. The summed E-state index contributed by atoms with van der Waals surface area (Å²) in [6.45, 7) is 1.98. The molecule has 0 aromatic rings. The molecule has 1 aliphatic carbocycles. The number of morpholine rings is 1. The molecule has 2 aliphatic rings. The third-order valence-electron chi connectivity index (χ3n) is 3.33. The molecule has 0 radical (unpaired) electrons. The second-order valence-corrected chi connectivity index (χ2v) is 4.56. The summed E-state index contributed by atoms with van der Waals surface area (Å²) in [4.78, 5) is 23.3. The highest BCUT2D eigenvalue weighted by Crippen LogP contribution is 2.25. The predicted molar refractivity (Wildman–Crippen MR) is 60.3 cm³/mol. The van der Waals surface area contributed by atoms with Crippen LogP contribution in [0.4, 0.5) is 0 Å². The summed E-state index contributed by atoms with van der Waals surface area (Å²) in [6, 6.07) is 0.0654. The normalized spacial score (nSPS) is 33.2. The molecule has 1 saturated heterocycles. The van der Waals surface area contributed by atoms with Crippen molar-refractivity contribution >= 4 is 11.9 Å². The maximum Gasteiger partial charge on any atom is 0.345 e. The smallest absolute Gasteiger partial charge is 0.345 e. The number of esters is 1. The van der Waals surface area contributed by atoms with Gasteiger partial charge in [-0.2, -0.15) is 0 Å². The van der Waals surface area contributed by atoms with E-state index in [1.165, 1.54) is 0 Å². The van der Waals surface area contributed by atoms with E-state index in [1.807, 2.05) is 0 Å². The highest BCUT2D eigenvalue weighted by atomic mass is 16.6. The molecule has 0 spiro atoms. The lowest BCUT2D eigenvalue weighted by molar-refractivity contribution is -0.174. The number of carbonyl (C=O) groups is 2. The van der Waals surface area contributed by atoms with Crippen molar-refractivity contribution in [2.75, 3.05) is 6.61 Å². The van der Waals surface area contributed by atoms with Gasteiger partial charge in [0.15, 0.2) is 0 Å². The summed E-state index contributed by atoms with van der Waals surface area (Å²) in [7, 11) is 0. The molecule has 5 heteroatoms. The Bertz CT molecular complexity index is 305. The van der Waals surface area contributed by atoms with Crippen LogP contribution in [0.1, 0.15) is 39.0 Å². The lowest BCUT2D eigenvalue weighted by atomic mass is 10.0. The lowest BCUT2D eigenvalue weighted by Crippen LogP contribution is -2.58. The molecule has 2 fully saturated rings. The van der Waals surface area contributed by atoms with Crippen LogP contribution >= 0.6 is 0 Å². The number of nitrogens with one attached hydrogen (secondary N) is 1.